The van der Waals surface area contributed by atoms with E-state index in [-0.39, 0.29) is 12.1 Å². The van der Waals surface area contributed by atoms with Gasteiger partial charge in [-0.15, -0.1) is 0 Å². The molecule has 39 heavy (non-hydrogen) atoms. The molecular formula is C32H29N5OS. The Morgan fingerprint density at radius 2 is 1.46 bits per heavy atom. The summed E-state index contributed by atoms with van der Waals surface area (Å²) >= 11 is 5.94. The van der Waals surface area contributed by atoms with Gasteiger partial charge in [-0.1, -0.05) is 29.8 Å². The molecule has 0 saturated carbocycles. The molecule has 1 aliphatic rings. The van der Waals surface area contributed by atoms with Gasteiger partial charge >= 0.3 is 0 Å². The Hall–Kier alpha value is -4.49. The summed E-state index contributed by atoms with van der Waals surface area (Å²) in [6.45, 7) is 6.32. The summed E-state index contributed by atoms with van der Waals surface area (Å²) in [5.41, 5.74) is 6.52. The lowest BCUT2D eigenvalue weighted by Crippen LogP contribution is -2.29. The van der Waals surface area contributed by atoms with Crippen LogP contribution in [0.15, 0.2) is 103 Å². The molecule has 2 aromatic carbocycles. The fraction of sp³-hybridized carbons (Fsp3) is 0.156. The number of pyridine rings is 2. The number of benzene rings is 2. The van der Waals surface area contributed by atoms with Crippen molar-refractivity contribution in [2.24, 2.45) is 0 Å². The summed E-state index contributed by atoms with van der Waals surface area (Å²) in [5.74, 6) is 2.47. The van der Waals surface area contributed by atoms with Crippen molar-refractivity contribution in [2.75, 3.05) is 4.90 Å². The van der Waals surface area contributed by atoms with E-state index < -0.39 is 0 Å². The van der Waals surface area contributed by atoms with Crippen molar-refractivity contribution in [3.8, 4) is 17.3 Å². The predicted molar refractivity (Wildman–Crippen MR) is 159 cm³/mol. The maximum Gasteiger partial charge on any atom is 0.174 e. The van der Waals surface area contributed by atoms with E-state index in [1.165, 1.54) is 11.1 Å². The second-order valence-corrected chi connectivity index (χ2v) is 10.1. The van der Waals surface area contributed by atoms with Crippen LogP contribution >= 0.6 is 12.2 Å². The fourth-order valence-corrected chi connectivity index (χ4v) is 5.64. The van der Waals surface area contributed by atoms with Crippen LogP contribution in [0.3, 0.4) is 0 Å². The van der Waals surface area contributed by atoms with E-state index in [2.05, 4.69) is 58.7 Å². The number of ether oxygens (including phenoxy) is 1. The number of anilines is 1. The van der Waals surface area contributed by atoms with E-state index in [0.29, 0.717) is 5.11 Å². The molecule has 2 atom stereocenters. The largest absolute Gasteiger partial charge is 0.457 e. The standard InChI is InChI=1S/C32H29N5OS/c1-21-10-14-25(15-11-21)38-26-16-12-24(13-17-26)37-31(30(35-32(37)39)28-8-4-6-18-33-28)27-20-22(2)36(23(27)3)29-9-5-7-19-34-29/h4-20,30-31H,1-3H3,(H,35,39)/t30-,31-/m1/s1. The van der Waals surface area contributed by atoms with E-state index in [1.54, 1.807) is 0 Å². The maximum atomic E-state index is 6.08. The molecule has 1 aliphatic heterocycles. The quantitative estimate of drug-likeness (QED) is 0.235. The molecule has 0 unspecified atom stereocenters. The predicted octanol–water partition coefficient (Wildman–Crippen LogP) is 7.16. The summed E-state index contributed by atoms with van der Waals surface area (Å²) in [6.07, 6.45) is 3.65. The Bertz CT molecular complexity index is 1600. The highest BCUT2D eigenvalue weighted by Gasteiger charge is 2.42. The highest BCUT2D eigenvalue weighted by molar-refractivity contribution is 7.80. The first kappa shape index (κ1) is 24.8. The molecule has 7 heteroatoms. The van der Waals surface area contributed by atoms with Gasteiger partial charge in [0.1, 0.15) is 17.3 Å². The third-order valence-corrected chi connectivity index (χ3v) is 7.45. The minimum Gasteiger partial charge on any atom is -0.457 e. The van der Waals surface area contributed by atoms with E-state index in [0.717, 1.165) is 40.1 Å². The third kappa shape index (κ3) is 4.77. The number of hydrogen-bond donors (Lipinski definition) is 1. The van der Waals surface area contributed by atoms with Crippen LogP contribution in [0, 0.1) is 20.8 Å². The number of rotatable bonds is 6. The molecule has 5 aromatic rings. The second kappa shape index (κ2) is 10.3. The smallest absolute Gasteiger partial charge is 0.174 e. The third-order valence-electron chi connectivity index (χ3n) is 7.14. The Morgan fingerprint density at radius 1 is 0.795 bits per heavy atom. The zero-order valence-electron chi connectivity index (χ0n) is 22.1. The molecule has 6 rings (SSSR count). The minimum absolute atomic E-state index is 0.111. The molecule has 0 radical (unpaired) electrons. The molecule has 6 nitrogen and oxygen atoms in total. The molecule has 3 aromatic heterocycles. The van der Waals surface area contributed by atoms with Crippen LogP contribution in [0.5, 0.6) is 11.5 Å². The van der Waals surface area contributed by atoms with Gasteiger partial charge in [0, 0.05) is 29.5 Å². The van der Waals surface area contributed by atoms with Gasteiger partial charge in [-0.25, -0.2) is 4.98 Å². The van der Waals surface area contributed by atoms with Gasteiger partial charge in [-0.3, -0.25) is 4.98 Å². The Labute approximate surface area is 233 Å². The number of aryl methyl sites for hydroxylation is 2. The normalized spacial score (nSPS) is 16.8. The Balaban J connectivity index is 1.40. The molecule has 194 valence electrons. The van der Waals surface area contributed by atoms with Crippen LogP contribution in [0.25, 0.3) is 5.82 Å². The van der Waals surface area contributed by atoms with Crippen molar-refractivity contribution < 1.29 is 4.74 Å². The van der Waals surface area contributed by atoms with Crippen molar-refractivity contribution in [3.63, 3.8) is 0 Å². The summed E-state index contributed by atoms with van der Waals surface area (Å²) in [5, 5.41) is 4.22. The van der Waals surface area contributed by atoms with Crippen LogP contribution in [-0.2, 0) is 0 Å². The van der Waals surface area contributed by atoms with Crippen LogP contribution in [-0.4, -0.2) is 19.6 Å². The highest BCUT2D eigenvalue weighted by atomic mass is 32.1. The molecule has 0 aliphatic carbocycles. The zero-order valence-corrected chi connectivity index (χ0v) is 22.9. The monoisotopic (exact) mass is 531 g/mol. The van der Waals surface area contributed by atoms with Crippen LogP contribution in [0.4, 0.5) is 5.69 Å². The summed E-state index contributed by atoms with van der Waals surface area (Å²) < 4.78 is 8.28. The first-order valence-electron chi connectivity index (χ1n) is 12.9. The average Bonchev–Trinajstić information content (AvgIpc) is 3.46. The van der Waals surface area contributed by atoms with Gasteiger partial charge in [-0.05, 0) is 105 Å². The van der Waals surface area contributed by atoms with Crippen molar-refractivity contribution in [2.45, 2.75) is 32.9 Å². The lowest BCUT2D eigenvalue weighted by Gasteiger charge is -2.28. The van der Waals surface area contributed by atoms with Gasteiger partial charge in [-0.2, -0.15) is 0 Å². The first-order chi connectivity index (χ1) is 19.0. The molecule has 0 bridgehead atoms. The van der Waals surface area contributed by atoms with Crippen molar-refractivity contribution >= 4 is 23.0 Å². The first-order valence-corrected chi connectivity index (χ1v) is 13.4. The lowest BCUT2D eigenvalue weighted by molar-refractivity contribution is 0.482. The van der Waals surface area contributed by atoms with Crippen molar-refractivity contribution in [1.82, 2.24) is 19.9 Å². The zero-order chi connectivity index (χ0) is 26.9. The number of nitrogens with one attached hydrogen (secondary N) is 1. The fourth-order valence-electron chi connectivity index (χ4n) is 5.29. The average molecular weight is 532 g/mol. The topological polar surface area (TPSA) is 55.2 Å². The molecule has 0 amide bonds. The molecular weight excluding hydrogens is 502 g/mol. The van der Waals surface area contributed by atoms with Gasteiger partial charge in [0.05, 0.1) is 17.8 Å². The second-order valence-electron chi connectivity index (χ2n) is 9.76. The highest BCUT2D eigenvalue weighted by Crippen LogP contribution is 2.44. The molecule has 1 N–H and O–H groups in total. The SMILES string of the molecule is Cc1ccc(Oc2ccc(N3C(=S)N[C@H](c4ccccn4)[C@H]3c3cc(C)n(-c4ccccn4)c3C)cc2)cc1. The minimum atomic E-state index is -0.125. The summed E-state index contributed by atoms with van der Waals surface area (Å²) in [7, 11) is 0. The van der Waals surface area contributed by atoms with E-state index in [4.69, 9.17) is 21.9 Å². The van der Waals surface area contributed by atoms with Crippen LogP contribution in [0.2, 0.25) is 0 Å². The maximum absolute atomic E-state index is 6.08. The number of nitrogens with zero attached hydrogens (tertiary/aromatic N) is 4. The van der Waals surface area contributed by atoms with Crippen molar-refractivity contribution in [3.05, 3.63) is 132 Å². The van der Waals surface area contributed by atoms with Gasteiger partial charge in [0.15, 0.2) is 5.11 Å². The molecule has 1 fully saturated rings. The van der Waals surface area contributed by atoms with Crippen molar-refractivity contribution in [1.29, 1.82) is 0 Å². The summed E-state index contributed by atoms with van der Waals surface area (Å²) in [4.78, 5) is 11.5. The van der Waals surface area contributed by atoms with Gasteiger partial charge in [0.25, 0.3) is 0 Å². The van der Waals surface area contributed by atoms with Gasteiger partial charge < -0.3 is 19.5 Å². The molecule has 0 spiro atoms. The molecule has 4 heterocycles. The Morgan fingerprint density at radius 3 is 2.10 bits per heavy atom. The van der Waals surface area contributed by atoms with E-state index in [1.807, 2.05) is 85.2 Å². The van der Waals surface area contributed by atoms with Crippen LogP contribution in [0.1, 0.15) is 40.3 Å². The Kier molecular flexibility index (Phi) is 6.59. The number of aromatic nitrogens is 3. The number of hydrogen-bond acceptors (Lipinski definition) is 4. The molecule has 1 saturated heterocycles. The van der Waals surface area contributed by atoms with Gasteiger partial charge in [0.2, 0.25) is 0 Å². The number of thiocarbonyl (C=S) groups is 1. The van der Waals surface area contributed by atoms with Crippen LogP contribution < -0.4 is 15.0 Å². The van der Waals surface area contributed by atoms with E-state index >= 15 is 0 Å². The lowest BCUT2D eigenvalue weighted by atomic mass is 9.96. The summed E-state index contributed by atoms with van der Waals surface area (Å²) in [6, 6.07) is 30.1. The van der Waals surface area contributed by atoms with E-state index in [9.17, 15) is 0 Å².